The van der Waals surface area contributed by atoms with E-state index in [0.717, 1.165) is 23.1 Å². The maximum Gasteiger partial charge on any atom is 0.286 e. The molecule has 4 nitrogen and oxygen atoms in total. The first-order valence-electron chi connectivity index (χ1n) is 6.69. The van der Waals surface area contributed by atoms with E-state index in [1.165, 1.54) is 23.1 Å². The predicted molar refractivity (Wildman–Crippen MR) is 88.9 cm³/mol. The molecule has 0 aromatic carbocycles. The summed E-state index contributed by atoms with van der Waals surface area (Å²) < 4.78 is 6.43. The van der Waals surface area contributed by atoms with E-state index in [-0.39, 0.29) is 18.1 Å². The van der Waals surface area contributed by atoms with Crippen LogP contribution in [0.5, 0.6) is 0 Å². The molecule has 1 saturated heterocycles. The number of halogens is 1. The van der Waals surface area contributed by atoms with Crippen molar-refractivity contribution in [3.05, 3.63) is 26.3 Å². The number of aliphatic imine (C=N–C) groups is 1. The zero-order valence-electron chi connectivity index (χ0n) is 11.7. The third kappa shape index (κ3) is 3.51. The molecule has 21 heavy (non-hydrogen) atoms. The van der Waals surface area contributed by atoms with Crippen molar-refractivity contribution < 1.29 is 9.53 Å². The van der Waals surface area contributed by atoms with Crippen molar-refractivity contribution in [1.29, 1.82) is 0 Å². The summed E-state index contributed by atoms with van der Waals surface area (Å²) in [6, 6.07) is 3.74. The second kappa shape index (κ2) is 6.12. The molecule has 0 radical (unpaired) electrons. The number of nitrogens with zero attached hydrogens (tertiary/aromatic N) is 2. The summed E-state index contributed by atoms with van der Waals surface area (Å²) in [5.41, 5.74) is 0. The molecule has 0 spiro atoms. The van der Waals surface area contributed by atoms with Crippen LogP contribution in [0.25, 0.3) is 6.08 Å². The highest BCUT2D eigenvalue weighted by Gasteiger charge is 2.31. The minimum Gasteiger partial charge on any atom is -0.372 e. The van der Waals surface area contributed by atoms with Gasteiger partial charge in [-0.05, 0) is 43.8 Å². The number of thiophene rings is 1. The second-order valence-electron chi connectivity index (χ2n) is 5.11. The van der Waals surface area contributed by atoms with E-state index in [4.69, 9.17) is 16.3 Å². The predicted octanol–water partition coefficient (Wildman–Crippen LogP) is 3.48. The third-order valence-electron chi connectivity index (χ3n) is 3.17. The SMILES string of the molecule is C[C@@H]1CN(C2=NC(=O)/C(=C\c3ccc(Cl)s3)S2)C[C@@H](C)O1. The van der Waals surface area contributed by atoms with Crippen LogP contribution in [0.4, 0.5) is 0 Å². The van der Waals surface area contributed by atoms with Crippen molar-refractivity contribution in [2.24, 2.45) is 4.99 Å². The molecule has 0 bridgehead atoms. The minimum atomic E-state index is -0.175. The molecule has 2 atom stereocenters. The molecular formula is C14H15ClN2O2S2. The number of thioether (sulfide) groups is 1. The quantitative estimate of drug-likeness (QED) is 0.733. The summed E-state index contributed by atoms with van der Waals surface area (Å²) in [5.74, 6) is -0.175. The van der Waals surface area contributed by atoms with Crippen LogP contribution in [0, 0.1) is 0 Å². The van der Waals surface area contributed by atoms with Gasteiger partial charge in [0.15, 0.2) is 5.17 Å². The van der Waals surface area contributed by atoms with Gasteiger partial charge in [0.2, 0.25) is 0 Å². The highest BCUT2D eigenvalue weighted by atomic mass is 35.5. The van der Waals surface area contributed by atoms with Crippen LogP contribution < -0.4 is 0 Å². The van der Waals surface area contributed by atoms with Gasteiger partial charge in [-0.15, -0.1) is 11.3 Å². The topological polar surface area (TPSA) is 41.9 Å². The smallest absolute Gasteiger partial charge is 0.286 e. The van der Waals surface area contributed by atoms with E-state index in [0.29, 0.717) is 9.24 Å². The third-order valence-corrected chi connectivity index (χ3v) is 5.39. The van der Waals surface area contributed by atoms with Gasteiger partial charge in [0.05, 0.1) is 21.4 Å². The van der Waals surface area contributed by atoms with Gasteiger partial charge in [-0.1, -0.05) is 11.6 Å². The van der Waals surface area contributed by atoms with Gasteiger partial charge in [0, 0.05) is 18.0 Å². The Kier molecular flexibility index (Phi) is 4.40. The fraction of sp³-hybridized carbons (Fsp3) is 0.429. The molecular weight excluding hydrogens is 328 g/mol. The monoisotopic (exact) mass is 342 g/mol. The Balaban J connectivity index is 1.74. The summed E-state index contributed by atoms with van der Waals surface area (Å²) in [7, 11) is 0. The van der Waals surface area contributed by atoms with Gasteiger partial charge in [-0.25, -0.2) is 0 Å². The van der Waals surface area contributed by atoms with Gasteiger partial charge in [-0.3, -0.25) is 4.79 Å². The summed E-state index contributed by atoms with van der Waals surface area (Å²) in [4.78, 5) is 20.0. The van der Waals surface area contributed by atoms with Crippen molar-refractivity contribution in [3.63, 3.8) is 0 Å². The Labute approximate surface area is 136 Å². The summed E-state index contributed by atoms with van der Waals surface area (Å²) in [5, 5.41) is 0.774. The molecule has 3 rings (SSSR count). The number of carbonyl (C=O) groups excluding carboxylic acids is 1. The molecule has 2 aliphatic heterocycles. The minimum absolute atomic E-state index is 0.149. The molecule has 1 aromatic heterocycles. The molecule has 0 saturated carbocycles. The summed E-state index contributed by atoms with van der Waals surface area (Å²) in [6.07, 6.45) is 2.15. The lowest BCUT2D eigenvalue weighted by Crippen LogP contribution is -2.47. The van der Waals surface area contributed by atoms with Crippen molar-refractivity contribution in [1.82, 2.24) is 4.90 Å². The maximum atomic E-state index is 12.0. The Morgan fingerprint density at radius 3 is 2.71 bits per heavy atom. The first-order chi connectivity index (χ1) is 10.0. The average molecular weight is 343 g/mol. The fourth-order valence-corrected chi connectivity index (χ4v) is 4.40. The lowest BCUT2D eigenvalue weighted by Gasteiger charge is -2.35. The van der Waals surface area contributed by atoms with Gasteiger partial charge in [-0.2, -0.15) is 4.99 Å². The molecule has 1 fully saturated rings. The van der Waals surface area contributed by atoms with E-state index in [1.807, 2.05) is 32.1 Å². The Bertz CT molecular complexity index is 616. The molecule has 1 amide bonds. The van der Waals surface area contributed by atoms with Crippen molar-refractivity contribution in [2.45, 2.75) is 26.1 Å². The number of amides is 1. The molecule has 7 heteroatoms. The Hall–Kier alpha value is -0.820. The number of carbonyl (C=O) groups is 1. The zero-order valence-corrected chi connectivity index (χ0v) is 14.1. The van der Waals surface area contributed by atoms with Crippen LogP contribution in [-0.4, -0.2) is 41.3 Å². The first kappa shape index (κ1) is 15.1. The number of hydrogen-bond acceptors (Lipinski definition) is 5. The fourth-order valence-electron chi connectivity index (χ4n) is 2.40. The number of rotatable bonds is 1. The van der Waals surface area contributed by atoms with Crippen LogP contribution >= 0.6 is 34.7 Å². The van der Waals surface area contributed by atoms with E-state index in [2.05, 4.69) is 9.89 Å². The average Bonchev–Trinajstić information content (AvgIpc) is 2.96. The molecule has 0 unspecified atom stereocenters. The van der Waals surface area contributed by atoms with Crippen LogP contribution in [0.15, 0.2) is 22.0 Å². The normalized spacial score (nSPS) is 28.3. The van der Waals surface area contributed by atoms with Gasteiger partial charge in [0.25, 0.3) is 5.91 Å². The summed E-state index contributed by atoms with van der Waals surface area (Å²) >= 11 is 8.79. The molecule has 3 heterocycles. The first-order valence-corrected chi connectivity index (χ1v) is 8.70. The largest absolute Gasteiger partial charge is 0.372 e. The molecule has 2 aliphatic rings. The number of hydrogen-bond donors (Lipinski definition) is 0. The van der Waals surface area contributed by atoms with Crippen LogP contribution in [0.1, 0.15) is 18.7 Å². The second-order valence-corrected chi connectivity index (χ2v) is 7.87. The molecule has 112 valence electrons. The highest BCUT2D eigenvalue weighted by Crippen LogP contribution is 2.33. The van der Waals surface area contributed by atoms with E-state index in [9.17, 15) is 4.79 Å². The number of morpholine rings is 1. The van der Waals surface area contributed by atoms with E-state index < -0.39 is 0 Å². The Morgan fingerprint density at radius 1 is 1.38 bits per heavy atom. The molecule has 0 N–H and O–H groups in total. The van der Waals surface area contributed by atoms with E-state index >= 15 is 0 Å². The van der Waals surface area contributed by atoms with Crippen LogP contribution in [0.3, 0.4) is 0 Å². The van der Waals surface area contributed by atoms with Crippen molar-refractivity contribution in [3.8, 4) is 0 Å². The number of ether oxygens (including phenoxy) is 1. The van der Waals surface area contributed by atoms with E-state index in [1.54, 1.807) is 0 Å². The lowest BCUT2D eigenvalue weighted by atomic mass is 10.2. The summed E-state index contributed by atoms with van der Waals surface area (Å²) in [6.45, 7) is 5.60. The van der Waals surface area contributed by atoms with Crippen LogP contribution in [0.2, 0.25) is 4.34 Å². The Morgan fingerprint density at radius 2 is 2.10 bits per heavy atom. The van der Waals surface area contributed by atoms with Gasteiger partial charge < -0.3 is 9.64 Å². The molecule has 0 aliphatic carbocycles. The number of amidine groups is 1. The highest BCUT2D eigenvalue weighted by molar-refractivity contribution is 8.18. The van der Waals surface area contributed by atoms with Crippen molar-refractivity contribution >= 4 is 51.9 Å². The lowest BCUT2D eigenvalue weighted by molar-refractivity contribution is -0.113. The zero-order chi connectivity index (χ0) is 15.0. The van der Waals surface area contributed by atoms with Gasteiger partial charge >= 0.3 is 0 Å². The van der Waals surface area contributed by atoms with Gasteiger partial charge in [0.1, 0.15) is 0 Å². The van der Waals surface area contributed by atoms with Crippen LogP contribution in [-0.2, 0) is 9.53 Å². The van der Waals surface area contributed by atoms with Crippen molar-refractivity contribution in [2.75, 3.05) is 13.1 Å². The maximum absolute atomic E-state index is 12.0. The standard InChI is InChI=1S/C14H15ClN2O2S2/c1-8-6-17(7-9(2)19-8)14-16-13(18)11(21-14)5-10-3-4-12(15)20-10/h3-5,8-9H,6-7H2,1-2H3/b11-5+/t8-,9-/m1/s1. The molecule has 1 aromatic rings.